The summed E-state index contributed by atoms with van der Waals surface area (Å²) in [7, 11) is 0. The molecule has 0 amide bonds. The van der Waals surface area contributed by atoms with Gasteiger partial charge in [-0.2, -0.15) is 0 Å². The molecule has 0 aliphatic carbocycles. The topological polar surface area (TPSA) is 75.6 Å². The molecular weight excluding hydrogens is 174 g/mol. The van der Waals surface area contributed by atoms with E-state index in [0.29, 0.717) is 6.54 Å². The lowest BCUT2D eigenvalue weighted by atomic mass is 10.2. The number of aliphatic carboxylic acids is 1. The molecule has 0 aromatic heterocycles. The van der Waals surface area contributed by atoms with Crippen LogP contribution < -0.4 is 5.32 Å². The quantitative estimate of drug-likeness (QED) is 0.575. The lowest BCUT2D eigenvalue weighted by Crippen LogP contribution is -2.39. The molecule has 0 rings (SSSR count). The van der Waals surface area contributed by atoms with E-state index < -0.39 is 18.0 Å². The summed E-state index contributed by atoms with van der Waals surface area (Å²) in [5.41, 5.74) is 0. The Labute approximate surface area is 77.1 Å². The van der Waals surface area contributed by atoms with Crippen molar-refractivity contribution in [2.75, 3.05) is 13.2 Å². The number of hydrogen-bond acceptors (Lipinski definition) is 4. The summed E-state index contributed by atoms with van der Waals surface area (Å²) in [5, 5.41) is 11.2. The van der Waals surface area contributed by atoms with Gasteiger partial charge in [-0.3, -0.25) is 9.59 Å². The number of carboxylic acid groups (broad SMARTS) is 1. The van der Waals surface area contributed by atoms with Crippen LogP contribution in [0.25, 0.3) is 0 Å². The van der Waals surface area contributed by atoms with Crippen LogP contribution in [0.5, 0.6) is 0 Å². The molecule has 2 N–H and O–H groups in total. The van der Waals surface area contributed by atoms with Crippen LogP contribution in [0.1, 0.15) is 20.3 Å². The first kappa shape index (κ1) is 11.9. The van der Waals surface area contributed by atoms with Crippen molar-refractivity contribution in [1.82, 2.24) is 5.32 Å². The van der Waals surface area contributed by atoms with Gasteiger partial charge in [-0.25, -0.2) is 0 Å². The van der Waals surface area contributed by atoms with Crippen molar-refractivity contribution in [2.45, 2.75) is 26.3 Å². The molecule has 0 aromatic carbocycles. The average Bonchev–Trinajstić information content (AvgIpc) is 2.03. The van der Waals surface area contributed by atoms with E-state index in [-0.39, 0.29) is 13.0 Å². The molecule has 0 radical (unpaired) electrons. The highest BCUT2D eigenvalue weighted by atomic mass is 16.5. The molecule has 5 heteroatoms. The third kappa shape index (κ3) is 5.19. The van der Waals surface area contributed by atoms with E-state index in [1.807, 2.05) is 0 Å². The molecule has 76 valence electrons. The van der Waals surface area contributed by atoms with Gasteiger partial charge >= 0.3 is 11.9 Å². The highest BCUT2D eigenvalue weighted by Crippen LogP contribution is 1.95. The van der Waals surface area contributed by atoms with Crippen LogP contribution in [0, 0.1) is 0 Å². The fourth-order valence-electron chi connectivity index (χ4n) is 0.903. The SMILES string of the molecule is CCNC(CC(=O)O)C(=O)OCC. The van der Waals surface area contributed by atoms with E-state index in [1.54, 1.807) is 13.8 Å². The first-order valence-electron chi connectivity index (χ1n) is 4.23. The summed E-state index contributed by atoms with van der Waals surface area (Å²) in [6.45, 7) is 4.28. The first-order valence-corrected chi connectivity index (χ1v) is 4.23. The molecule has 1 unspecified atom stereocenters. The summed E-state index contributed by atoms with van der Waals surface area (Å²) < 4.78 is 4.69. The third-order valence-corrected chi connectivity index (χ3v) is 1.40. The molecule has 0 aliphatic heterocycles. The van der Waals surface area contributed by atoms with Crippen LogP contribution in [0.2, 0.25) is 0 Å². The Kier molecular flexibility index (Phi) is 5.88. The van der Waals surface area contributed by atoms with Gasteiger partial charge in [0.2, 0.25) is 0 Å². The molecule has 0 heterocycles. The Hall–Kier alpha value is -1.10. The van der Waals surface area contributed by atoms with Gasteiger partial charge in [0.25, 0.3) is 0 Å². The van der Waals surface area contributed by atoms with E-state index in [0.717, 1.165) is 0 Å². The molecule has 0 aliphatic rings. The zero-order valence-electron chi connectivity index (χ0n) is 7.87. The number of esters is 1. The fraction of sp³-hybridized carbons (Fsp3) is 0.750. The second kappa shape index (κ2) is 6.42. The number of likely N-dealkylation sites (N-methyl/N-ethyl adjacent to an activating group) is 1. The van der Waals surface area contributed by atoms with Gasteiger partial charge < -0.3 is 15.2 Å². The minimum absolute atomic E-state index is 0.243. The lowest BCUT2D eigenvalue weighted by molar-refractivity contribution is -0.150. The second-order valence-electron chi connectivity index (χ2n) is 2.46. The number of nitrogens with one attached hydrogen (secondary N) is 1. The lowest BCUT2D eigenvalue weighted by Gasteiger charge is -2.13. The Morgan fingerprint density at radius 1 is 1.46 bits per heavy atom. The van der Waals surface area contributed by atoms with Gasteiger partial charge in [0.1, 0.15) is 6.04 Å². The molecule has 0 aromatic rings. The molecule has 0 saturated heterocycles. The molecule has 0 fully saturated rings. The molecule has 13 heavy (non-hydrogen) atoms. The second-order valence-corrected chi connectivity index (χ2v) is 2.46. The molecule has 0 saturated carbocycles. The number of rotatable bonds is 6. The van der Waals surface area contributed by atoms with Crippen molar-refractivity contribution in [3.63, 3.8) is 0 Å². The minimum atomic E-state index is -1.01. The zero-order valence-corrected chi connectivity index (χ0v) is 7.87. The van der Waals surface area contributed by atoms with Crippen molar-refractivity contribution >= 4 is 11.9 Å². The summed E-state index contributed by atoms with van der Waals surface area (Å²) >= 11 is 0. The fourth-order valence-corrected chi connectivity index (χ4v) is 0.903. The normalized spacial score (nSPS) is 12.2. The predicted octanol–water partition coefficient (Wildman–Crippen LogP) is 0.00230. The third-order valence-electron chi connectivity index (χ3n) is 1.40. The Morgan fingerprint density at radius 3 is 2.46 bits per heavy atom. The molecule has 1 atom stereocenters. The highest BCUT2D eigenvalue weighted by Gasteiger charge is 2.21. The number of ether oxygens (including phenoxy) is 1. The maximum Gasteiger partial charge on any atom is 0.323 e. The van der Waals surface area contributed by atoms with Crippen LogP contribution in [0.4, 0.5) is 0 Å². The van der Waals surface area contributed by atoms with Crippen molar-refractivity contribution in [3.8, 4) is 0 Å². The smallest absolute Gasteiger partial charge is 0.323 e. The zero-order chi connectivity index (χ0) is 10.3. The number of carboxylic acids is 1. The predicted molar refractivity (Wildman–Crippen MR) is 46.4 cm³/mol. The van der Waals surface area contributed by atoms with Gasteiger partial charge in [-0.1, -0.05) is 6.92 Å². The first-order chi connectivity index (χ1) is 6.11. The standard InChI is InChI=1S/C8H15NO4/c1-3-9-6(5-7(10)11)8(12)13-4-2/h6,9H,3-5H2,1-2H3,(H,10,11). The van der Waals surface area contributed by atoms with Crippen LogP contribution in [-0.2, 0) is 14.3 Å². The number of carbonyl (C=O) groups excluding carboxylic acids is 1. The van der Waals surface area contributed by atoms with Gasteiger partial charge in [0.05, 0.1) is 13.0 Å². The number of hydrogen-bond donors (Lipinski definition) is 2. The van der Waals surface area contributed by atoms with Crippen molar-refractivity contribution < 1.29 is 19.4 Å². The molecule has 0 bridgehead atoms. The average molecular weight is 189 g/mol. The Bertz CT molecular complexity index is 181. The number of carbonyl (C=O) groups is 2. The monoisotopic (exact) mass is 189 g/mol. The van der Waals surface area contributed by atoms with Crippen LogP contribution in [0.15, 0.2) is 0 Å². The van der Waals surface area contributed by atoms with Gasteiger partial charge in [-0.15, -0.1) is 0 Å². The summed E-state index contributed by atoms with van der Waals surface area (Å²) in [6, 6.07) is -0.734. The van der Waals surface area contributed by atoms with Gasteiger partial charge in [0.15, 0.2) is 0 Å². The Balaban J connectivity index is 4.06. The van der Waals surface area contributed by atoms with Crippen molar-refractivity contribution in [3.05, 3.63) is 0 Å². The van der Waals surface area contributed by atoms with E-state index in [1.165, 1.54) is 0 Å². The maximum absolute atomic E-state index is 11.1. The van der Waals surface area contributed by atoms with E-state index in [2.05, 4.69) is 5.32 Å². The highest BCUT2D eigenvalue weighted by molar-refractivity contribution is 5.81. The van der Waals surface area contributed by atoms with Crippen LogP contribution in [0.3, 0.4) is 0 Å². The van der Waals surface area contributed by atoms with Gasteiger partial charge in [0, 0.05) is 0 Å². The Morgan fingerprint density at radius 2 is 2.08 bits per heavy atom. The largest absolute Gasteiger partial charge is 0.481 e. The van der Waals surface area contributed by atoms with Gasteiger partial charge in [-0.05, 0) is 13.5 Å². The summed E-state index contributed by atoms with van der Waals surface area (Å²) in [4.78, 5) is 21.5. The van der Waals surface area contributed by atoms with Crippen LogP contribution in [-0.4, -0.2) is 36.2 Å². The van der Waals surface area contributed by atoms with E-state index in [9.17, 15) is 9.59 Å². The molecule has 5 nitrogen and oxygen atoms in total. The summed E-state index contributed by atoms with van der Waals surface area (Å²) in [6.07, 6.45) is -0.243. The van der Waals surface area contributed by atoms with E-state index >= 15 is 0 Å². The van der Waals surface area contributed by atoms with Crippen molar-refractivity contribution in [1.29, 1.82) is 0 Å². The van der Waals surface area contributed by atoms with Crippen LogP contribution >= 0.6 is 0 Å². The minimum Gasteiger partial charge on any atom is -0.481 e. The van der Waals surface area contributed by atoms with E-state index in [4.69, 9.17) is 9.84 Å². The maximum atomic E-state index is 11.1. The van der Waals surface area contributed by atoms with Crippen molar-refractivity contribution in [2.24, 2.45) is 0 Å². The molecular formula is C8H15NO4. The molecule has 0 spiro atoms. The summed E-state index contributed by atoms with van der Waals surface area (Å²) in [5.74, 6) is -1.52.